The normalized spacial score (nSPS) is 14.1. The number of sulfonamides is 1. The molecule has 0 bridgehead atoms. The van der Waals surface area contributed by atoms with Crippen molar-refractivity contribution in [3.8, 4) is 11.5 Å². The first-order valence-electron chi connectivity index (χ1n) is 15.5. The molecule has 0 aliphatic carbocycles. The molecular formula is C36H38ClN3O7S. The minimum Gasteiger partial charge on any atom is -0.497 e. The van der Waals surface area contributed by atoms with E-state index in [1.54, 1.807) is 19.2 Å². The first-order valence-corrected chi connectivity index (χ1v) is 17.3. The molecule has 1 fully saturated rings. The van der Waals surface area contributed by atoms with Gasteiger partial charge in [-0.15, -0.1) is 0 Å². The van der Waals surface area contributed by atoms with Crippen LogP contribution in [0.5, 0.6) is 11.5 Å². The van der Waals surface area contributed by atoms with Gasteiger partial charge < -0.3 is 24.4 Å². The van der Waals surface area contributed by atoms with E-state index >= 15 is 0 Å². The summed E-state index contributed by atoms with van der Waals surface area (Å²) >= 11 is 6.13. The number of hydrogen-bond acceptors (Lipinski definition) is 7. The Morgan fingerprint density at radius 2 is 1.48 bits per heavy atom. The fourth-order valence-corrected chi connectivity index (χ4v) is 6.80. The molecule has 252 valence electrons. The SMILES string of the molecule is COc1ccc(CNC(=O)C(Cc2ccccc2)N(Cc2ccc(Cl)cc2)C(=O)COc2ccc(S(=O)(=O)N3CCOCC3)cc2)cc1. The van der Waals surface area contributed by atoms with Crippen molar-refractivity contribution in [3.63, 3.8) is 0 Å². The number of amides is 2. The topological polar surface area (TPSA) is 114 Å². The van der Waals surface area contributed by atoms with E-state index in [-0.39, 0.29) is 50.0 Å². The van der Waals surface area contributed by atoms with Gasteiger partial charge in [-0.25, -0.2) is 8.42 Å². The van der Waals surface area contributed by atoms with Crippen LogP contribution in [0, 0.1) is 0 Å². The monoisotopic (exact) mass is 691 g/mol. The molecule has 1 aliphatic heterocycles. The summed E-state index contributed by atoms with van der Waals surface area (Å²) in [5.74, 6) is 0.282. The lowest BCUT2D eigenvalue weighted by Gasteiger charge is -2.31. The Kier molecular flexibility index (Phi) is 12.1. The van der Waals surface area contributed by atoms with Gasteiger partial charge in [0.2, 0.25) is 15.9 Å². The van der Waals surface area contributed by atoms with Crippen LogP contribution in [0.2, 0.25) is 5.02 Å². The van der Waals surface area contributed by atoms with Crippen molar-refractivity contribution >= 4 is 33.4 Å². The van der Waals surface area contributed by atoms with Crippen molar-refractivity contribution in [1.29, 1.82) is 0 Å². The number of halogens is 1. The summed E-state index contributed by atoms with van der Waals surface area (Å²) in [7, 11) is -2.09. The summed E-state index contributed by atoms with van der Waals surface area (Å²) < 4.78 is 43.8. The second-order valence-corrected chi connectivity index (χ2v) is 13.6. The molecule has 1 atom stereocenters. The van der Waals surface area contributed by atoms with Crippen LogP contribution < -0.4 is 14.8 Å². The van der Waals surface area contributed by atoms with Crippen molar-refractivity contribution in [2.75, 3.05) is 40.0 Å². The van der Waals surface area contributed by atoms with Crippen LogP contribution in [0.4, 0.5) is 0 Å². The van der Waals surface area contributed by atoms with Gasteiger partial charge in [0, 0.05) is 37.6 Å². The lowest BCUT2D eigenvalue weighted by atomic mass is 10.0. The van der Waals surface area contributed by atoms with Crippen molar-refractivity contribution in [3.05, 3.63) is 125 Å². The quantitative estimate of drug-likeness (QED) is 0.204. The highest BCUT2D eigenvalue weighted by atomic mass is 35.5. The Bertz CT molecular complexity index is 1750. The molecule has 1 saturated heterocycles. The molecule has 12 heteroatoms. The molecule has 4 aromatic carbocycles. The molecule has 5 rings (SSSR count). The Morgan fingerprint density at radius 3 is 2.12 bits per heavy atom. The number of carbonyl (C=O) groups excluding carboxylic acids is 2. The van der Waals surface area contributed by atoms with E-state index in [1.165, 1.54) is 33.5 Å². The van der Waals surface area contributed by atoms with E-state index in [0.717, 1.165) is 16.7 Å². The molecule has 1 N–H and O–H groups in total. The predicted molar refractivity (Wildman–Crippen MR) is 182 cm³/mol. The zero-order chi connectivity index (χ0) is 33.9. The number of morpholine rings is 1. The molecule has 1 heterocycles. The maximum atomic E-state index is 14.0. The van der Waals surface area contributed by atoms with E-state index in [1.807, 2.05) is 66.7 Å². The maximum absolute atomic E-state index is 14.0. The summed E-state index contributed by atoms with van der Waals surface area (Å²) in [5, 5.41) is 3.56. The standard InChI is InChI=1S/C36H38ClN3O7S/c1-45-31-13-9-28(10-14-31)24-38-36(42)34(23-27-5-3-2-4-6-27)40(25-29-7-11-30(37)12-8-29)35(41)26-47-32-15-17-33(18-16-32)48(43,44)39-19-21-46-22-20-39/h2-18,34H,19-26H2,1H3,(H,38,42). The van der Waals surface area contributed by atoms with Gasteiger partial charge in [0.1, 0.15) is 17.5 Å². The Balaban J connectivity index is 1.35. The van der Waals surface area contributed by atoms with Gasteiger partial charge in [-0.05, 0) is 65.2 Å². The third kappa shape index (κ3) is 9.35. The molecule has 1 aliphatic rings. The van der Waals surface area contributed by atoms with Crippen molar-refractivity contribution in [1.82, 2.24) is 14.5 Å². The summed E-state index contributed by atoms with van der Waals surface area (Å²) in [6, 6.07) is 29.1. The Morgan fingerprint density at radius 1 is 0.854 bits per heavy atom. The molecule has 10 nitrogen and oxygen atoms in total. The van der Waals surface area contributed by atoms with Crippen LogP contribution in [0.15, 0.2) is 108 Å². The van der Waals surface area contributed by atoms with Crippen LogP contribution in [0.3, 0.4) is 0 Å². The van der Waals surface area contributed by atoms with Crippen LogP contribution in [0.1, 0.15) is 16.7 Å². The molecular weight excluding hydrogens is 654 g/mol. The van der Waals surface area contributed by atoms with Gasteiger partial charge in [0.25, 0.3) is 5.91 Å². The van der Waals surface area contributed by atoms with Gasteiger partial charge in [0.05, 0.1) is 25.2 Å². The number of rotatable bonds is 14. The number of hydrogen-bond donors (Lipinski definition) is 1. The molecule has 2 amide bonds. The Hall–Kier alpha value is -4.42. The van der Waals surface area contributed by atoms with Crippen LogP contribution in [-0.2, 0) is 43.9 Å². The minimum absolute atomic E-state index is 0.129. The van der Waals surface area contributed by atoms with Crippen LogP contribution in [0.25, 0.3) is 0 Å². The number of methoxy groups -OCH3 is 1. The molecule has 0 saturated carbocycles. The van der Waals surface area contributed by atoms with Crippen molar-refractivity contribution in [2.45, 2.75) is 30.4 Å². The number of nitrogens with zero attached hydrogens (tertiary/aromatic N) is 2. The predicted octanol–water partition coefficient (Wildman–Crippen LogP) is 4.70. The Labute approximate surface area is 286 Å². The van der Waals surface area contributed by atoms with Crippen LogP contribution in [-0.4, -0.2) is 75.5 Å². The third-order valence-corrected chi connectivity index (χ3v) is 10.1. The number of nitrogens with one attached hydrogen (secondary N) is 1. The highest BCUT2D eigenvalue weighted by Crippen LogP contribution is 2.22. The first-order chi connectivity index (χ1) is 23.2. The zero-order valence-corrected chi connectivity index (χ0v) is 28.2. The molecule has 0 spiro atoms. The van der Waals surface area contributed by atoms with Crippen LogP contribution >= 0.6 is 11.6 Å². The number of carbonyl (C=O) groups is 2. The minimum atomic E-state index is -3.68. The van der Waals surface area contributed by atoms with Gasteiger partial charge in [-0.1, -0.05) is 66.2 Å². The third-order valence-electron chi connectivity index (χ3n) is 7.96. The maximum Gasteiger partial charge on any atom is 0.261 e. The molecule has 1 unspecified atom stereocenters. The van der Waals surface area contributed by atoms with Gasteiger partial charge >= 0.3 is 0 Å². The number of benzene rings is 4. The van der Waals surface area contributed by atoms with Gasteiger partial charge in [-0.3, -0.25) is 9.59 Å². The van der Waals surface area contributed by atoms with E-state index in [9.17, 15) is 18.0 Å². The lowest BCUT2D eigenvalue weighted by Crippen LogP contribution is -2.51. The average Bonchev–Trinajstić information content (AvgIpc) is 3.13. The second-order valence-electron chi connectivity index (χ2n) is 11.2. The van der Waals surface area contributed by atoms with Gasteiger partial charge in [0.15, 0.2) is 6.61 Å². The summed E-state index contributed by atoms with van der Waals surface area (Å²) in [6.45, 7) is 1.28. The molecule has 48 heavy (non-hydrogen) atoms. The van der Waals surface area contributed by atoms with E-state index in [0.29, 0.717) is 29.7 Å². The first kappa shape index (κ1) is 34.9. The van der Waals surface area contributed by atoms with E-state index < -0.39 is 22.0 Å². The van der Waals surface area contributed by atoms with Crippen molar-refractivity contribution < 1.29 is 32.2 Å². The fourth-order valence-electron chi connectivity index (χ4n) is 5.26. The molecule has 0 aromatic heterocycles. The largest absolute Gasteiger partial charge is 0.497 e. The second kappa shape index (κ2) is 16.6. The smallest absolute Gasteiger partial charge is 0.261 e. The zero-order valence-electron chi connectivity index (χ0n) is 26.6. The summed E-state index contributed by atoms with van der Waals surface area (Å²) in [6.07, 6.45) is 0.267. The summed E-state index contributed by atoms with van der Waals surface area (Å²) in [5.41, 5.74) is 2.54. The summed E-state index contributed by atoms with van der Waals surface area (Å²) in [4.78, 5) is 29.5. The molecule has 4 aromatic rings. The fraction of sp³-hybridized carbons (Fsp3) is 0.278. The average molecular weight is 692 g/mol. The van der Waals surface area contributed by atoms with E-state index in [2.05, 4.69) is 5.32 Å². The highest BCUT2D eigenvalue weighted by molar-refractivity contribution is 7.89. The van der Waals surface area contributed by atoms with Crippen molar-refractivity contribution in [2.24, 2.45) is 0 Å². The van der Waals surface area contributed by atoms with Gasteiger partial charge in [-0.2, -0.15) is 4.31 Å². The highest BCUT2D eigenvalue weighted by Gasteiger charge is 2.31. The number of ether oxygens (including phenoxy) is 3. The van der Waals surface area contributed by atoms with E-state index in [4.69, 9.17) is 25.8 Å². The lowest BCUT2D eigenvalue weighted by molar-refractivity contribution is -0.142. The molecule has 0 radical (unpaired) electrons.